The topological polar surface area (TPSA) is 31.4 Å². The highest BCUT2D eigenvalue weighted by molar-refractivity contribution is 7.13. The molecule has 1 aliphatic rings. The van der Waals surface area contributed by atoms with Crippen molar-refractivity contribution in [2.45, 2.75) is 13.3 Å². The summed E-state index contributed by atoms with van der Waals surface area (Å²) in [7, 11) is 0. The fourth-order valence-electron chi connectivity index (χ4n) is 2.14. The van der Waals surface area contributed by atoms with E-state index in [1.165, 1.54) is 31.2 Å². The molecule has 0 spiro atoms. The van der Waals surface area contributed by atoms with E-state index in [0.717, 1.165) is 26.2 Å². The second-order valence-electron chi connectivity index (χ2n) is 4.35. The Labute approximate surface area is 108 Å². The zero-order chi connectivity index (χ0) is 11.9. The van der Waals surface area contributed by atoms with E-state index in [9.17, 15) is 0 Å². The fourth-order valence-corrected chi connectivity index (χ4v) is 2.84. The molecule has 1 N–H and O–H groups in total. The maximum atomic E-state index is 4.37. The lowest BCUT2D eigenvalue weighted by atomic mass is 10.3. The van der Waals surface area contributed by atoms with Crippen LogP contribution in [0.25, 0.3) is 0 Å². The second kappa shape index (κ2) is 6.93. The van der Waals surface area contributed by atoms with Crippen LogP contribution in [0.1, 0.15) is 13.3 Å². The summed E-state index contributed by atoms with van der Waals surface area (Å²) in [6.07, 6.45) is 3.15. The molecule has 1 aromatic rings. The van der Waals surface area contributed by atoms with Crippen molar-refractivity contribution in [1.82, 2.24) is 15.2 Å². The van der Waals surface area contributed by atoms with Crippen molar-refractivity contribution in [3.8, 4) is 0 Å². The van der Waals surface area contributed by atoms with Gasteiger partial charge in [0.2, 0.25) is 0 Å². The summed E-state index contributed by atoms with van der Waals surface area (Å²) in [5, 5.41) is 6.61. The lowest BCUT2D eigenvalue weighted by Crippen LogP contribution is -2.46. The maximum absolute atomic E-state index is 4.37. The molecule has 0 amide bonds. The minimum Gasteiger partial charge on any atom is -0.346 e. The summed E-state index contributed by atoms with van der Waals surface area (Å²) < 4.78 is 0. The Hall–Kier alpha value is -0.650. The normalized spacial score (nSPS) is 17.6. The highest BCUT2D eigenvalue weighted by Gasteiger charge is 2.17. The van der Waals surface area contributed by atoms with E-state index in [-0.39, 0.29) is 0 Å². The number of anilines is 1. The van der Waals surface area contributed by atoms with Gasteiger partial charge in [-0.05, 0) is 26.1 Å². The molecule has 0 saturated carbocycles. The Morgan fingerprint density at radius 2 is 2.18 bits per heavy atom. The molecular formula is C12H22N4S. The Morgan fingerprint density at radius 1 is 1.35 bits per heavy atom. The van der Waals surface area contributed by atoms with Crippen LogP contribution in [0.5, 0.6) is 0 Å². The summed E-state index contributed by atoms with van der Waals surface area (Å²) in [5.41, 5.74) is 0. The van der Waals surface area contributed by atoms with Crippen LogP contribution in [-0.2, 0) is 0 Å². The lowest BCUT2D eigenvalue weighted by Gasteiger charge is -2.34. The number of piperazine rings is 1. The summed E-state index contributed by atoms with van der Waals surface area (Å²) in [6.45, 7) is 10.2. The third kappa shape index (κ3) is 3.94. The first-order chi connectivity index (χ1) is 8.40. The van der Waals surface area contributed by atoms with Gasteiger partial charge in [0.1, 0.15) is 0 Å². The van der Waals surface area contributed by atoms with Gasteiger partial charge in [-0.1, -0.05) is 6.92 Å². The molecule has 0 aromatic carbocycles. The van der Waals surface area contributed by atoms with Gasteiger partial charge in [-0.2, -0.15) is 0 Å². The molecule has 96 valence electrons. The average molecular weight is 254 g/mol. The van der Waals surface area contributed by atoms with E-state index in [2.05, 4.69) is 32.4 Å². The molecule has 0 radical (unpaired) electrons. The minimum absolute atomic E-state index is 1.08. The van der Waals surface area contributed by atoms with E-state index in [4.69, 9.17) is 0 Å². The van der Waals surface area contributed by atoms with Crippen LogP contribution in [-0.4, -0.2) is 55.7 Å². The standard InChI is InChI=1S/C12H22N4S/c1-2-13-4-3-6-15-7-9-16(10-8-15)12-14-5-11-17-12/h5,11,13H,2-4,6-10H2,1H3. The fraction of sp³-hybridized carbons (Fsp3) is 0.750. The molecule has 0 atom stereocenters. The van der Waals surface area contributed by atoms with Gasteiger partial charge in [0.15, 0.2) is 5.13 Å². The van der Waals surface area contributed by atoms with Crippen LogP contribution in [0.4, 0.5) is 5.13 Å². The third-order valence-corrected chi connectivity index (χ3v) is 3.97. The summed E-state index contributed by atoms with van der Waals surface area (Å²) in [5.74, 6) is 0. The molecule has 0 unspecified atom stereocenters. The molecule has 4 nitrogen and oxygen atoms in total. The first-order valence-electron chi connectivity index (χ1n) is 6.47. The third-order valence-electron chi connectivity index (χ3n) is 3.14. The number of thiazole rings is 1. The van der Waals surface area contributed by atoms with E-state index < -0.39 is 0 Å². The van der Waals surface area contributed by atoms with Crippen LogP contribution in [0.3, 0.4) is 0 Å². The first kappa shape index (κ1) is 12.8. The quantitative estimate of drug-likeness (QED) is 0.775. The number of aromatic nitrogens is 1. The monoisotopic (exact) mass is 254 g/mol. The van der Waals surface area contributed by atoms with Crippen molar-refractivity contribution in [2.75, 3.05) is 50.7 Å². The van der Waals surface area contributed by atoms with Gasteiger partial charge in [0, 0.05) is 37.8 Å². The van der Waals surface area contributed by atoms with Crippen LogP contribution in [0.2, 0.25) is 0 Å². The smallest absolute Gasteiger partial charge is 0.185 e. The average Bonchev–Trinajstić information content (AvgIpc) is 2.89. The van der Waals surface area contributed by atoms with Gasteiger partial charge in [-0.3, -0.25) is 4.90 Å². The molecule has 0 aliphatic carbocycles. The van der Waals surface area contributed by atoms with Crippen molar-refractivity contribution >= 4 is 16.5 Å². The van der Waals surface area contributed by atoms with Gasteiger partial charge in [0.25, 0.3) is 0 Å². The minimum atomic E-state index is 1.08. The van der Waals surface area contributed by atoms with Crippen molar-refractivity contribution in [2.24, 2.45) is 0 Å². The van der Waals surface area contributed by atoms with Crippen molar-refractivity contribution in [1.29, 1.82) is 0 Å². The predicted octanol–water partition coefficient (Wildman–Crippen LogP) is 1.26. The summed E-state index contributed by atoms with van der Waals surface area (Å²) >= 11 is 1.74. The molecule has 5 heteroatoms. The summed E-state index contributed by atoms with van der Waals surface area (Å²) in [6, 6.07) is 0. The predicted molar refractivity (Wildman–Crippen MR) is 73.9 cm³/mol. The number of hydrogen-bond donors (Lipinski definition) is 1. The molecule has 0 bridgehead atoms. The molecule has 1 aromatic heterocycles. The van der Waals surface area contributed by atoms with E-state index in [1.54, 1.807) is 11.3 Å². The second-order valence-corrected chi connectivity index (χ2v) is 5.22. The highest BCUT2D eigenvalue weighted by atomic mass is 32.1. The Kier molecular flexibility index (Phi) is 5.22. The van der Waals surface area contributed by atoms with Crippen LogP contribution in [0, 0.1) is 0 Å². The summed E-state index contributed by atoms with van der Waals surface area (Å²) in [4.78, 5) is 9.32. The Morgan fingerprint density at radius 3 is 2.82 bits per heavy atom. The zero-order valence-corrected chi connectivity index (χ0v) is 11.4. The van der Waals surface area contributed by atoms with Crippen molar-refractivity contribution < 1.29 is 0 Å². The molecule has 1 aliphatic heterocycles. The Bertz CT molecular complexity index is 293. The van der Waals surface area contributed by atoms with Gasteiger partial charge in [-0.15, -0.1) is 11.3 Å². The van der Waals surface area contributed by atoms with Crippen molar-refractivity contribution in [3.63, 3.8) is 0 Å². The highest BCUT2D eigenvalue weighted by Crippen LogP contribution is 2.18. The van der Waals surface area contributed by atoms with Gasteiger partial charge in [-0.25, -0.2) is 4.98 Å². The van der Waals surface area contributed by atoms with E-state index in [0.29, 0.717) is 0 Å². The van der Waals surface area contributed by atoms with Gasteiger partial charge < -0.3 is 10.2 Å². The zero-order valence-electron chi connectivity index (χ0n) is 10.6. The molecular weight excluding hydrogens is 232 g/mol. The van der Waals surface area contributed by atoms with Crippen LogP contribution >= 0.6 is 11.3 Å². The van der Waals surface area contributed by atoms with Crippen molar-refractivity contribution in [3.05, 3.63) is 11.6 Å². The van der Waals surface area contributed by atoms with Gasteiger partial charge in [0.05, 0.1) is 0 Å². The lowest BCUT2D eigenvalue weighted by molar-refractivity contribution is 0.254. The number of hydrogen-bond acceptors (Lipinski definition) is 5. The largest absolute Gasteiger partial charge is 0.346 e. The van der Waals surface area contributed by atoms with Crippen LogP contribution in [0.15, 0.2) is 11.6 Å². The Balaban J connectivity index is 1.64. The van der Waals surface area contributed by atoms with E-state index in [1.807, 2.05) is 6.20 Å². The van der Waals surface area contributed by atoms with E-state index >= 15 is 0 Å². The van der Waals surface area contributed by atoms with Crippen LogP contribution < -0.4 is 10.2 Å². The maximum Gasteiger partial charge on any atom is 0.185 e. The SMILES string of the molecule is CCNCCCN1CCN(c2nccs2)CC1. The first-order valence-corrected chi connectivity index (χ1v) is 7.35. The van der Waals surface area contributed by atoms with Gasteiger partial charge >= 0.3 is 0 Å². The molecule has 17 heavy (non-hydrogen) atoms. The molecule has 2 rings (SSSR count). The molecule has 2 heterocycles. The number of rotatable bonds is 6. The number of nitrogens with one attached hydrogen (secondary N) is 1. The molecule has 1 fully saturated rings. The number of nitrogens with zero attached hydrogens (tertiary/aromatic N) is 3. The molecule has 1 saturated heterocycles.